The summed E-state index contributed by atoms with van der Waals surface area (Å²) in [4.78, 5) is 29.7. The van der Waals surface area contributed by atoms with Gasteiger partial charge in [-0.1, -0.05) is 80.6 Å². The molecule has 0 saturated heterocycles. The predicted octanol–water partition coefficient (Wildman–Crippen LogP) is 6.05. The lowest BCUT2D eigenvalue weighted by Crippen LogP contribution is -2.53. The van der Waals surface area contributed by atoms with E-state index in [2.05, 4.69) is 5.32 Å². The van der Waals surface area contributed by atoms with E-state index in [0.717, 1.165) is 21.0 Å². The second kappa shape index (κ2) is 15.0. The fraction of sp³-hybridized carbons (Fsp3) is 0.278. The molecule has 0 aliphatic carbocycles. The first kappa shape index (κ1) is 33.4. The van der Waals surface area contributed by atoms with Crippen molar-refractivity contribution < 1.29 is 22.4 Å². The third kappa shape index (κ3) is 8.79. The number of nitrogens with one attached hydrogen (secondary N) is 1. The van der Waals surface area contributed by atoms with Crippen molar-refractivity contribution >= 4 is 27.5 Å². The van der Waals surface area contributed by atoms with Gasteiger partial charge < -0.3 is 10.2 Å². The molecule has 2 amide bonds. The van der Waals surface area contributed by atoms with Gasteiger partial charge in [0.25, 0.3) is 10.0 Å². The van der Waals surface area contributed by atoms with Crippen molar-refractivity contribution in [3.8, 4) is 0 Å². The number of aryl methyl sites for hydroxylation is 2. The molecule has 0 unspecified atom stereocenters. The minimum atomic E-state index is -4.18. The highest BCUT2D eigenvalue weighted by Gasteiger charge is 2.34. The molecule has 236 valence electrons. The normalized spacial score (nSPS) is 12.0. The number of carbonyl (C=O) groups is 2. The number of sulfonamides is 1. The summed E-state index contributed by atoms with van der Waals surface area (Å²) in [7, 11) is -4.18. The Morgan fingerprint density at radius 3 is 2.02 bits per heavy atom. The van der Waals surface area contributed by atoms with Crippen molar-refractivity contribution in [2.24, 2.45) is 5.92 Å². The summed E-state index contributed by atoms with van der Waals surface area (Å²) >= 11 is 0. The number of benzene rings is 4. The second-order valence-electron chi connectivity index (χ2n) is 11.6. The molecule has 0 aliphatic heterocycles. The van der Waals surface area contributed by atoms with E-state index in [1.807, 2.05) is 64.1 Å². The fourth-order valence-electron chi connectivity index (χ4n) is 4.89. The van der Waals surface area contributed by atoms with Crippen molar-refractivity contribution in [3.05, 3.63) is 131 Å². The molecule has 4 rings (SSSR count). The average Bonchev–Trinajstić information content (AvgIpc) is 3.03. The van der Waals surface area contributed by atoms with E-state index < -0.39 is 34.3 Å². The quantitative estimate of drug-likeness (QED) is 0.195. The second-order valence-corrected chi connectivity index (χ2v) is 13.4. The Kier molecular flexibility index (Phi) is 11.1. The third-order valence-corrected chi connectivity index (χ3v) is 9.40. The number of anilines is 1. The van der Waals surface area contributed by atoms with Crippen LogP contribution >= 0.6 is 0 Å². The summed E-state index contributed by atoms with van der Waals surface area (Å²) in [5.74, 6) is -1.18. The number of hydrogen-bond acceptors (Lipinski definition) is 4. The SMILES string of the molecule is Cc1ccc(N(CC(=O)N(Cc2ccc(F)cc2)[C@@H](Cc2ccccc2)C(=O)NCC(C)C)S(=O)(=O)c2ccccc2)cc1C. The maximum absolute atomic E-state index is 14.5. The van der Waals surface area contributed by atoms with E-state index in [9.17, 15) is 22.4 Å². The molecule has 0 saturated carbocycles. The van der Waals surface area contributed by atoms with Crippen LogP contribution in [-0.2, 0) is 32.6 Å². The predicted molar refractivity (Wildman–Crippen MR) is 176 cm³/mol. The van der Waals surface area contributed by atoms with Gasteiger partial charge in [-0.05, 0) is 78.4 Å². The third-order valence-electron chi connectivity index (χ3n) is 7.61. The number of halogens is 1. The average molecular weight is 630 g/mol. The monoisotopic (exact) mass is 629 g/mol. The molecule has 45 heavy (non-hydrogen) atoms. The highest BCUT2D eigenvalue weighted by atomic mass is 32.2. The Morgan fingerprint density at radius 1 is 0.800 bits per heavy atom. The minimum Gasteiger partial charge on any atom is -0.354 e. The molecule has 0 fully saturated rings. The number of hydrogen-bond donors (Lipinski definition) is 1. The standard InChI is InChI=1S/C36H40FN3O4S/c1-26(2)23-38-36(42)34(22-29-11-7-5-8-12-29)39(24-30-16-18-31(37)19-17-30)35(41)25-40(32-20-15-27(3)28(4)21-32)45(43,44)33-13-9-6-10-14-33/h5-21,26,34H,22-25H2,1-4H3,(H,38,42)/t34-/m0/s1. The van der Waals surface area contributed by atoms with Gasteiger partial charge in [0.05, 0.1) is 10.6 Å². The minimum absolute atomic E-state index is 0.0299. The van der Waals surface area contributed by atoms with Crippen LogP contribution in [0, 0.1) is 25.6 Å². The molecule has 0 aromatic heterocycles. The zero-order chi connectivity index (χ0) is 32.6. The molecule has 7 nitrogen and oxygen atoms in total. The molecule has 4 aromatic carbocycles. The lowest BCUT2D eigenvalue weighted by atomic mass is 10.0. The Bertz CT molecular complexity index is 1700. The van der Waals surface area contributed by atoms with Crippen LogP contribution in [0.25, 0.3) is 0 Å². The number of amides is 2. The van der Waals surface area contributed by atoms with Gasteiger partial charge in [-0.15, -0.1) is 0 Å². The van der Waals surface area contributed by atoms with Crippen LogP contribution in [0.15, 0.2) is 108 Å². The van der Waals surface area contributed by atoms with Crippen LogP contribution in [0.3, 0.4) is 0 Å². The Hall–Kier alpha value is -4.50. The maximum atomic E-state index is 14.5. The van der Waals surface area contributed by atoms with Crippen LogP contribution in [0.1, 0.15) is 36.1 Å². The maximum Gasteiger partial charge on any atom is 0.264 e. The fourth-order valence-corrected chi connectivity index (χ4v) is 6.32. The van der Waals surface area contributed by atoms with Gasteiger partial charge in [-0.25, -0.2) is 12.8 Å². The first-order valence-corrected chi connectivity index (χ1v) is 16.4. The largest absolute Gasteiger partial charge is 0.354 e. The first-order valence-electron chi connectivity index (χ1n) is 15.0. The molecule has 0 spiro atoms. The summed E-state index contributed by atoms with van der Waals surface area (Å²) in [6, 6.07) is 27.3. The zero-order valence-corrected chi connectivity index (χ0v) is 26.9. The van der Waals surface area contributed by atoms with E-state index in [1.54, 1.807) is 42.5 Å². The van der Waals surface area contributed by atoms with Crippen molar-refractivity contribution in [2.75, 3.05) is 17.4 Å². The van der Waals surface area contributed by atoms with Gasteiger partial charge in [0, 0.05) is 19.5 Å². The van der Waals surface area contributed by atoms with Crippen molar-refractivity contribution in [2.45, 2.75) is 51.6 Å². The van der Waals surface area contributed by atoms with Crippen LogP contribution in [0.5, 0.6) is 0 Å². The van der Waals surface area contributed by atoms with E-state index >= 15 is 0 Å². The van der Waals surface area contributed by atoms with Gasteiger partial charge in [0.2, 0.25) is 11.8 Å². The molecule has 9 heteroatoms. The topological polar surface area (TPSA) is 86.8 Å². The molecule has 0 radical (unpaired) electrons. The Morgan fingerprint density at radius 2 is 1.42 bits per heavy atom. The van der Waals surface area contributed by atoms with E-state index in [0.29, 0.717) is 17.8 Å². The number of nitrogens with zero attached hydrogens (tertiary/aromatic N) is 2. The summed E-state index contributed by atoms with van der Waals surface area (Å²) < 4.78 is 43.1. The summed E-state index contributed by atoms with van der Waals surface area (Å²) in [5, 5.41) is 2.96. The smallest absolute Gasteiger partial charge is 0.264 e. The van der Waals surface area contributed by atoms with Crippen molar-refractivity contribution in [3.63, 3.8) is 0 Å². The summed E-state index contributed by atoms with van der Waals surface area (Å²) in [5.41, 5.74) is 3.61. The van der Waals surface area contributed by atoms with E-state index in [-0.39, 0.29) is 29.7 Å². The molecular formula is C36H40FN3O4S. The lowest BCUT2D eigenvalue weighted by Gasteiger charge is -2.34. The van der Waals surface area contributed by atoms with Gasteiger partial charge in [0.1, 0.15) is 18.4 Å². The van der Waals surface area contributed by atoms with Crippen LogP contribution in [-0.4, -0.2) is 44.3 Å². The number of carbonyl (C=O) groups excluding carboxylic acids is 2. The van der Waals surface area contributed by atoms with Crippen LogP contribution in [0.4, 0.5) is 10.1 Å². The van der Waals surface area contributed by atoms with Crippen molar-refractivity contribution in [1.82, 2.24) is 10.2 Å². The first-order chi connectivity index (χ1) is 21.5. The van der Waals surface area contributed by atoms with E-state index in [4.69, 9.17) is 0 Å². The van der Waals surface area contributed by atoms with Gasteiger partial charge >= 0.3 is 0 Å². The molecule has 1 atom stereocenters. The molecule has 1 N–H and O–H groups in total. The molecule has 0 bridgehead atoms. The summed E-state index contributed by atoms with van der Waals surface area (Å²) in [6.07, 6.45) is 0.201. The van der Waals surface area contributed by atoms with Crippen LogP contribution < -0.4 is 9.62 Å². The molecule has 4 aromatic rings. The van der Waals surface area contributed by atoms with E-state index in [1.165, 1.54) is 29.2 Å². The molecule has 0 aliphatic rings. The zero-order valence-electron chi connectivity index (χ0n) is 26.1. The Balaban J connectivity index is 1.80. The highest BCUT2D eigenvalue weighted by Crippen LogP contribution is 2.27. The van der Waals surface area contributed by atoms with Crippen LogP contribution in [0.2, 0.25) is 0 Å². The van der Waals surface area contributed by atoms with Gasteiger partial charge in [-0.2, -0.15) is 0 Å². The highest BCUT2D eigenvalue weighted by molar-refractivity contribution is 7.92. The van der Waals surface area contributed by atoms with Crippen molar-refractivity contribution in [1.29, 1.82) is 0 Å². The number of rotatable bonds is 13. The van der Waals surface area contributed by atoms with Gasteiger partial charge in [0.15, 0.2) is 0 Å². The summed E-state index contributed by atoms with van der Waals surface area (Å²) in [6.45, 7) is 7.58. The lowest BCUT2D eigenvalue weighted by molar-refractivity contribution is -0.140. The molecule has 0 heterocycles. The van der Waals surface area contributed by atoms with Gasteiger partial charge in [-0.3, -0.25) is 13.9 Å². The Labute approximate surface area is 265 Å². The molecular weight excluding hydrogens is 589 g/mol.